The van der Waals surface area contributed by atoms with Gasteiger partial charge in [0.2, 0.25) is 5.91 Å². The molecule has 1 heterocycles. The largest absolute Gasteiger partial charge is 0.467 e. The van der Waals surface area contributed by atoms with Gasteiger partial charge in [-0.1, -0.05) is 12.1 Å². The minimum atomic E-state index is -1.42. The molecule has 0 radical (unpaired) electrons. The van der Waals surface area contributed by atoms with Crippen LogP contribution in [0, 0.1) is 0 Å². The van der Waals surface area contributed by atoms with Gasteiger partial charge in [-0.15, -0.1) is 11.3 Å². The Kier molecular flexibility index (Phi) is 11.7. The summed E-state index contributed by atoms with van der Waals surface area (Å²) in [5.74, 6) is -3.93. The van der Waals surface area contributed by atoms with Crippen LogP contribution in [-0.4, -0.2) is 78.8 Å². The summed E-state index contributed by atoms with van der Waals surface area (Å²) in [6.07, 6.45) is -0.602. The third-order valence-electron chi connectivity index (χ3n) is 4.85. The maximum atomic E-state index is 12.9. The third-order valence-corrected chi connectivity index (χ3v) is 5.70. The first-order chi connectivity index (χ1) is 19.2. The van der Waals surface area contributed by atoms with Crippen molar-refractivity contribution in [2.24, 2.45) is 0 Å². The molecule has 0 aliphatic rings. The lowest BCUT2D eigenvalue weighted by Gasteiger charge is -2.21. The average Bonchev–Trinajstić information content (AvgIpc) is 3.38. The van der Waals surface area contributed by atoms with Gasteiger partial charge in [0.1, 0.15) is 24.9 Å². The van der Waals surface area contributed by atoms with Crippen molar-refractivity contribution in [2.75, 3.05) is 25.6 Å². The Morgan fingerprint density at radius 2 is 1.49 bits per heavy atom. The zero-order valence-electron chi connectivity index (χ0n) is 23.4. The lowest BCUT2D eigenvalue weighted by atomic mass is 10.1. The monoisotopic (exact) mass is 592 g/mol. The second-order valence-electron chi connectivity index (χ2n) is 9.46. The molecule has 0 fully saturated rings. The predicted molar refractivity (Wildman–Crippen MR) is 146 cm³/mol. The molecule has 0 saturated carbocycles. The third kappa shape index (κ3) is 11.2. The number of amides is 3. The zero-order valence-corrected chi connectivity index (χ0v) is 24.2. The van der Waals surface area contributed by atoms with Crippen LogP contribution in [0.1, 0.15) is 44.4 Å². The van der Waals surface area contributed by atoms with E-state index in [1.54, 1.807) is 50.4 Å². The van der Waals surface area contributed by atoms with Crippen molar-refractivity contribution in [1.82, 2.24) is 15.6 Å². The first-order valence-electron chi connectivity index (χ1n) is 12.2. The van der Waals surface area contributed by atoms with Crippen molar-refractivity contribution in [2.45, 2.75) is 52.3 Å². The summed E-state index contributed by atoms with van der Waals surface area (Å²) in [6, 6.07) is 3.89. The van der Waals surface area contributed by atoms with Gasteiger partial charge in [0.15, 0.2) is 11.0 Å². The quantitative estimate of drug-likeness (QED) is 0.256. The Morgan fingerprint density at radius 3 is 2.02 bits per heavy atom. The second-order valence-corrected chi connectivity index (χ2v) is 10.3. The first kappa shape index (κ1) is 32.7. The highest BCUT2D eigenvalue weighted by molar-refractivity contribution is 7.12. The van der Waals surface area contributed by atoms with Gasteiger partial charge in [0.25, 0.3) is 5.91 Å². The van der Waals surface area contributed by atoms with E-state index in [1.165, 1.54) is 0 Å². The molecule has 2 atom stereocenters. The molecule has 222 valence electrons. The SMILES string of the molecule is COC(=O)[C@H](COC(C)=O)NC(=O)[C@H](COC(C)=O)NC(=O)c1nc(-c2ccc(NC(=O)OC(C)(C)C)cc2)cs1. The summed E-state index contributed by atoms with van der Waals surface area (Å²) in [7, 11) is 1.08. The van der Waals surface area contributed by atoms with Crippen molar-refractivity contribution in [3.05, 3.63) is 34.7 Å². The average molecular weight is 593 g/mol. The number of rotatable bonds is 11. The Morgan fingerprint density at radius 1 is 0.902 bits per heavy atom. The van der Waals surface area contributed by atoms with E-state index in [0.29, 0.717) is 16.9 Å². The summed E-state index contributed by atoms with van der Waals surface area (Å²) < 4.78 is 19.5. The number of aromatic nitrogens is 1. The van der Waals surface area contributed by atoms with E-state index in [1.807, 2.05) is 0 Å². The van der Waals surface area contributed by atoms with E-state index in [0.717, 1.165) is 32.3 Å². The molecule has 0 aliphatic heterocycles. The van der Waals surface area contributed by atoms with Crippen LogP contribution < -0.4 is 16.0 Å². The number of nitrogens with one attached hydrogen (secondary N) is 3. The smallest absolute Gasteiger partial charge is 0.412 e. The Bertz CT molecular complexity index is 1270. The van der Waals surface area contributed by atoms with Crippen LogP contribution in [0.3, 0.4) is 0 Å². The van der Waals surface area contributed by atoms with Gasteiger partial charge in [0, 0.05) is 30.5 Å². The van der Waals surface area contributed by atoms with E-state index in [9.17, 15) is 28.8 Å². The summed E-state index contributed by atoms with van der Waals surface area (Å²) in [5.41, 5.74) is 0.953. The molecule has 14 nitrogen and oxygen atoms in total. The molecule has 3 N–H and O–H groups in total. The molecule has 15 heteroatoms. The standard InChI is InChI=1S/C26H32N4O10S/c1-14(31)38-11-18(21(33)29-19(24(35)37-6)12-39-15(2)32)28-22(34)23-30-20(13-41-23)16-7-9-17(10-8-16)27-25(36)40-26(3,4)5/h7-10,13,18-19H,11-12H2,1-6H3,(H,27,36)(H,28,34)(H,29,33)/t18-,19-/m0/s1. The number of anilines is 1. The van der Waals surface area contributed by atoms with E-state index in [2.05, 4.69) is 25.7 Å². The first-order valence-corrected chi connectivity index (χ1v) is 13.1. The van der Waals surface area contributed by atoms with Gasteiger partial charge in [-0.05, 0) is 32.9 Å². The summed E-state index contributed by atoms with van der Waals surface area (Å²) >= 11 is 1.00. The molecule has 0 aliphatic carbocycles. The number of methoxy groups -OCH3 is 1. The summed E-state index contributed by atoms with van der Waals surface area (Å²) in [5, 5.41) is 8.99. The fourth-order valence-corrected chi connectivity index (χ4v) is 3.77. The minimum Gasteiger partial charge on any atom is -0.467 e. The van der Waals surface area contributed by atoms with Gasteiger partial charge in [0.05, 0.1) is 12.8 Å². The van der Waals surface area contributed by atoms with E-state index in [4.69, 9.17) is 14.2 Å². The molecule has 0 unspecified atom stereocenters. The number of thiazole rings is 1. The summed E-state index contributed by atoms with van der Waals surface area (Å²) in [6.45, 7) is 6.45. The van der Waals surface area contributed by atoms with Crippen LogP contribution in [0.25, 0.3) is 11.3 Å². The number of benzene rings is 1. The van der Waals surface area contributed by atoms with Crippen molar-refractivity contribution in [3.63, 3.8) is 0 Å². The molecule has 2 rings (SSSR count). The Balaban J connectivity index is 2.12. The van der Waals surface area contributed by atoms with Crippen molar-refractivity contribution in [1.29, 1.82) is 0 Å². The molecular formula is C26H32N4O10S. The van der Waals surface area contributed by atoms with E-state index < -0.39 is 66.7 Å². The molecular weight excluding hydrogens is 560 g/mol. The Labute approximate surface area is 240 Å². The molecule has 0 saturated heterocycles. The van der Waals surface area contributed by atoms with Gasteiger partial charge in [-0.25, -0.2) is 14.6 Å². The highest BCUT2D eigenvalue weighted by Crippen LogP contribution is 2.24. The number of hydrogen-bond acceptors (Lipinski definition) is 12. The number of ether oxygens (including phenoxy) is 4. The van der Waals surface area contributed by atoms with Crippen LogP contribution in [0.5, 0.6) is 0 Å². The lowest BCUT2D eigenvalue weighted by Crippen LogP contribution is -2.55. The van der Waals surface area contributed by atoms with Crippen LogP contribution >= 0.6 is 11.3 Å². The predicted octanol–water partition coefficient (Wildman–Crippen LogP) is 2.04. The molecule has 41 heavy (non-hydrogen) atoms. The highest BCUT2D eigenvalue weighted by Gasteiger charge is 2.30. The number of carbonyl (C=O) groups is 6. The molecule has 0 spiro atoms. The zero-order chi connectivity index (χ0) is 30.7. The molecule has 2 aromatic rings. The lowest BCUT2D eigenvalue weighted by molar-refractivity contribution is -0.152. The van der Waals surface area contributed by atoms with E-state index in [-0.39, 0.29) is 5.01 Å². The van der Waals surface area contributed by atoms with Crippen LogP contribution in [0.2, 0.25) is 0 Å². The van der Waals surface area contributed by atoms with Gasteiger partial charge in [-0.3, -0.25) is 24.5 Å². The second kappa shape index (κ2) is 14.7. The number of hydrogen-bond donors (Lipinski definition) is 3. The van der Waals surface area contributed by atoms with Crippen molar-refractivity contribution >= 4 is 52.8 Å². The van der Waals surface area contributed by atoms with Crippen LogP contribution in [-0.2, 0) is 38.1 Å². The maximum Gasteiger partial charge on any atom is 0.412 e. The molecule has 1 aromatic carbocycles. The normalized spacial score (nSPS) is 12.2. The Hall–Kier alpha value is -4.53. The maximum absolute atomic E-state index is 12.9. The minimum absolute atomic E-state index is 0.000937. The molecule has 1 aromatic heterocycles. The van der Waals surface area contributed by atoms with Gasteiger partial charge in [-0.2, -0.15) is 0 Å². The van der Waals surface area contributed by atoms with Crippen molar-refractivity contribution < 1.29 is 47.7 Å². The van der Waals surface area contributed by atoms with Crippen LogP contribution in [0.15, 0.2) is 29.6 Å². The van der Waals surface area contributed by atoms with E-state index >= 15 is 0 Å². The van der Waals surface area contributed by atoms with Gasteiger partial charge < -0.3 is 29.6 Å². The van der Waals surface area contributed by atoms with Gasteiger partial charge >= 0.3 is 24.0 Å². The summed E-state index contributed by atoms with van der Waals surface area (Å²) in [4.78, 5) is 76.6. The highest BCUT2D eigenvalue weighted by atomic mass is 32.1. The molecule has 0 bridgehead atoms. The number of esters is 3. The molecule has 3 amide bonds. The van der Waals surface area contributed by atoms with Crippen molar-refractivity contribution in [3.8, 4) is 11.3 Å². The number of carbonyl (C=O) groups excluding carboxylic acids is 6. The van der Waals surface area contributed by atoms with Crippen LogP contribution in [0.4, 0.5) is 10.5 Å². The fourth-order valence-electron chi connectivity index (χ4n) is 3.04. The topological polar surface area (TPSA) is 188 Å². The fraction of sp³-hybridized carbons (Fsp3) is 0.423. The number of nitrogens with zero attached hydrogens (tertiary/aromatic N) is 1.